The first kappa shape index (κ1) is 29.4. The molecule has 0 saturated carbocycles. The quantitative estimate of drug-likeness (QED) is 0.190. The maximum absolute atomic E-state index is 13.0. The Balaban J connectivity index is 1.63. The summed E-state index contributed by atoms with van der Waals surface area (Å²) in [5.74, 6) is 0.0515. The lowest BCUT2D eigenvalue weighted by molar-refractivity contribution is -0.0272. The average molecular weight is 565 g/mol. The molecule has 4 aromatic rings. The van der Waals surface area contributed by atoms with Gasteiger partial charge in [-0.05, 0) is 49.6 Å². The number of imidazole rings is 1. The Labute approximate surface area is 236 Å². The molecule has 0 saturated heterocycles. The standard InChI is InChI=1S/C28H32N6O7/c1-5-38-16-22-29-23(26(35)40-17-41-27(36)39-6-2)24(28(3,4)37)34(22)15-18-11-13-19(14-12-18)20-9-7-8-10-21(20)25-30-32-33-31-25/h7-14,37H,5-6,15-17H2,1-4H3,(H,30,31,32,33). The van der Waals surface area contributed by atoms with Crippen LogP contribution in [0, 0.1) is 0 Å². The van der Waals surface area contributed by atoms with Gasteiger partial charge in [-0.3, -0.25) is 0 Å². The molecule has 13 nitrogen and oxygen atoms in total. The fourth-order valence-electron chi connectivity index (χ4n) is 4.27. The van der Waals surface area contributed by atoms with Crippen LogP contribution in [-0.4, -0.2) is 67.4 Å². The van der Waals surface area contributed by atoms with Crippen molar-refractivity contribution in [1.82, 2.24) is 30.2 Å². The van der Waals surface area contributed by atoms with E-state index >= 15 is 0 Å². The first-order chi connectivity index (χ1) is 19.7. The molecular weight excluding hydrogens is 532 g/mol. The maximum Gasteiger partial charge on any atom is 0.511 e. The summed E-state index contributed by atoms with van der Waals surface area (Å²) < 4.78 is 21.8. The summed E-state index contributed by atoms with van der Waals surface area (Å²) in [5.41, 5.74) is 2.26. The molecule has 0 atom stereocenters. The molecule has 2 N–H and O–H groups in total. The fraction of sp³-hybridized carbons (Fsp3) is 0.357. The molecule has 0 aliphatic carbocycles. The minimum atomic E-state index is -1.47. The van der Waals surface area contributed by atoms with Gasteiger partial charge in [0.15, 0.2) is 5.69 Å². The Bertz CT molecular complexity index is 1460. The number of hydrogen-bond donors (Lipinski definition) is 2. The first-order valence-electron chi connectivity index (χ1n) is 13.0. The summed E-state index contributed by atoms with van der Waals surface area (Å²) in [4.78, 5) is 28.9. The number of tetrazole rings is 1. The van der Waals surface area contributed by atoms with E-state index < -0.39 is 24.5 Å². The van der Waals surface area contributed by atoms with E-state index in [9.17, 15) is 14.7 Å². The Hall–Kier alpha value is -4.62. The number of carbonyl (C=O) groups excluding carboxylic acids is 2. The highest BCUT2D eigenvalue weighted by atomic mass is 16.8. The largest absolute Gasteiger partial charge is 0.511 e. The van der Waals surface area contributed by atoms with Gasteiger partial charge in [-0.15, -0.1) is 10.2 Å². The van der Waals surface area contributed by atoms with Gasteiger partial charge in [0, 0.05) is 18.7 Å². The second kappa shape index (κ2) is 13.2. The van der Waals surface area contributed by atoms with Gasteiger partial charge in [0.25, 0.3) is 0 Å². The second-order valence-electron chi connectivity index (χ2n) is 9.36. The molecule has 0 radical (unpaired) electrons. The van der Waals surface area contributed by atoms with Crippen LogP contribution < -0.4 is 0 Å². The van der Waals surface area contributed by atoms with Gasteiger partial charge in [-0.2, -0.15) is 5.21 Å². The van der Waals surface area contributed by atoms with E-state index in [0.717, 1.165) is 22.3 Å². The first-order valence-corrected chi connectivity index (χ1v) is 13.0. The number of nitrogens with one attached hydrogen (secondary N) is 1. The number of ether oxygens (including phenoxy) is 4. The van der Waals surface area contributed by atoms with Crippen LogP contribution in [0.3, 0.4) is 0 Å². The van der Waals surface area contributed by atoms with Crippen LogP contribution in [0.15, 0.2) is 48.5 Å². The molecule has 4 rings (SSSR count). The summed E-state index contributed by atoms with van der Waals surface area (Å²) in [6, 6.07) is 15.6. The van der Waals surface area contributed by atoms with E-state index in [2.05, 4.69) is 30.3 Å². The number of carbonyl (C=O) groups is 2. The average Bonchev–Trinajstić information content (AvgIpc) is 3.61. The number of esters is 1. The zero-order chi connectivity index (χ0) is 29.4. The van der Waals surface area contributed by atoms with Crippen molar-refractivity contribution >= 4 is 12.1 Å². The highest BCUT2D eigenvalue weighted by Crippen LogP contribution is 2.31. The van der Waals surface area contributed by atoms with Crippen LogP contribution >= 0.6 is 0 Å². The van der Waals surface area contributed by atoms with Crippen molar-refractivity contribution < 1.29 is 33.6 Å². The SMILES string of the molecule is CCOCc1nc(C(=O)OCOC(=O)OCC)c(C(C)(C)O)n1Cc1ccc(-c2ccccc2-c2nn[nH]n2)cc1. The van der Waals surface area contributed by atoms with E-state index in [4.69, 9.17) is 14.2 Å². The fourth-order valence-corrected chi connectivity index (χ4v) is 4.27. The summed E-state index contributed by atoms with van der Waals surface area (Å²) in [7, 11) is 0. The van der Waals surface area contributed by atoms with Gasteiger partial charge in [0.05, 0.1) is 12.3 Å². The molecule has 0 bridgehead atoms. The van der Waals surface area contributed by atoms with E-state index in [1.807, 2.05) is 55.5 Å². The Morgan fingerprint density at radius 2 is 1.71 bits per heavy atom. The second-order valence-corrected chi connectivity index (χ2v) is 9.36. The highest BCUT2D eigenvalue weighted by Gasteiger charge is 2.33. The molecule has 0 amide bonds. The van der Waals surface area contributed by atoms with Crippen molar-refractivity contribution in [2.75, 3.05) is 20.0 Å². The monoisotopic (exact) mass is 564 g/mol. The predicted octanol–water partition coefficient (Wildman–Crippen LogP) is 3.83. The Morgan fingerprint density at radius 3 is 2.34 bits per heavy atom. The number of hydrogen-bond acceptors (Lipinski definition) is 11. The van der Waals surface area contributed by atoms with E-state index in [0.29, 0.717) is 18.3 Å². The summed E-state index contributed by atoms with van der Waals surface area (Å²) in [5, 5.41) is 25.4. The third-order valence-corrected chi connectivity index (χ3v) is 6.00. The molecule has 0 aliphatic heterocycles. The van der Waals surface area contributed by atoms with Crippen molar-refractivity contribution in [2.24, 2.45) is 0 Å². The molecule has 0 unspecified atom stereocenters. The van der Waals surface area contributed by atoms with Gasteiger partial charge < -0.3 is 28.6 Å². The number of aliphatic hydroxyl groups is 1. The number of benzene rings is 2. The van der Waals surface area contributed by atoms with Crippen molar-refractivity contribution in [1.29, 1.82) is 0 Å². The minimum Gasteiger partial charge on any atom is -0.435 e. The third kappa shape index (κ3) is 7.13. The number of aromatic nitrogens is 6. The van der Waals surface area contributed by atoms with Crippen molar-refractivity contribution in [2.45, 2.75) is 46.4 Å². The summed E-state index contributed by atoms with van der Waals surface area (Å²) in [6.45, 7) is 6.83. The lowest BCUT2D eigenvalue weighted by atomic mass is 9.98. The molecule has 0 aliphatic rings. The zero-order valence-corrected chi connectivity index (χ0v) is 23.3. The molecule has 0 fully saturated rings. The van der Waals surface area contributed by atoms with Crippen LogP contribution in [-0.2, 0) is 37.7 Å². The van der Waals surface area contributed by atoms with Gasteiger partial charge in [0.2, 0.25) is 12.6 Å². The number of H-pyrrole nitrogens is 1. The summed E-state index contributed by atoms with van der Waals surface area (Å²) >= 11 is 0. The predicted molar refractivity (Wildman–Crippen MR) is 145 cm³/mol. The van der Waals surface area contributed by atoms with Crippen LogP contribution in [0.1, 0.15) is 55.3 Å². The molecule has 2 aromatic carbocycles. The van der Waals surface area contributed by atoms with Crippen LogP contribution in [0.25, 0.3) is 22.5 Å². The maximum atomic E-state index is 13.0. The van der Waals surface area contributed by atoms with E-state index in [-0.39, 0.29) is 31.1 Å². The van der Waals surface area contributed by atoms with Crippen LogP contribution in [0.4, 0.5) is 4.79 Å². The van der Waals surface area contributed by atoms with Gasteiger partial charge in [0.1, 0.15) is 18.0 Å². The number of rotatable bonds is 12. The topological polar surface area (TPSA) is 164 Å². The van der Waals surface area contributed by atoms with E-state index in [1.165, 1.54) is 0 Å². The van der Waals surface area contributed by atoms with Crippen LogP contribution in [0.5, 0.6) is 0 Å². The summed E-state index contributed by atoms with van der Waals surface area (Å²) in [6.07, 6.45) is -0.964. The third-order valence-electron chi connectivity index (χ3n) is 6.00. The lowest BCUT2D eigenvalue weighted by Crippen LogP contribution is -2.26. The molecule has 216 valence electrons. The molecular formula is C28H32N6O7. The smallest absolute Gasteiger partial charge is 0.435 e. The van der Waals surface area contributed by atoms with Gasteiger partial charge in [-0.1, -0.05) is 48.5 Å². The normalized spacial score (nSPS) is 11.3. The Morgan fingerprint density at radius 1 is 0.976 bits per heavy atom. The lowest BCUT2D eigenvalue weighted by Gasteiger charge is -2.22. The Kier molecular flexibility index (Phi) is 9.42. The van der Waals surface area contributed by atoms with Crippen molar-refractivity contribution in [3.63, 3.8) is 0 Å². The molecule has 2 aromatic heterocycles. The van der Waals surface area contributed by atoms with Crippen molar-refractivity contribution in [3.8, 4) is 22.5 Å². The highest BCUT2D eigenvalue weighted by molar-refractivity contribution is 5.89. The molecule has 41 heavy (non-hydrogen) atoms. The van der Waals surface area contributed by atoms with Crippen LogP contribution in [0.2, 0.25) is 0 Å². The van der Waals surface area contributed by atoms with Crippen molar-refractivity contribution in [3.05, 3.63) is 71.3 Å². The number of nitrogens with zero attached hydrogens (tertiary/aromatic N) is 5. The zero-order valence-electron chi connectivity index (χ0n) is 23.3. The molecule has 13 heteroatoms. The van der Waals surface area contributed by atoms with Gasteiger partial charge in [-0.25, -0.2) is 14.6 Å². The van der Waals surface area contributed by atoms with Gasteiger partial charge >= 0.3 is 12.1 Å². The molecule has 2 heterocycles. The number of aromatic amines is 1. The minimum absolute atomic E-state index is 0.0995. The molecule has 0 spiro atoms. The van der Waals surface area contributed by atoms with E-state index in [1.54, 1.807) is 25.3 Å².